The summed E-state index contributed by atoms with van der Waals surface area (Å²) in [5.41, 5.74) is 3.91. The van der Waals surface area contributed by atoms with E-state index in [0.717, 1.165) is 47.7 Å². The first-order valence-corrected chi connectivity index (χ1v) is 13.9. The smallest absolute Gasteiger partial charge is 0.245 e. The molecule has 0 saturated carbocycles. The summed E-state index contributed by atoms with van der Waals surface area (Å²) in [7, 11) is -3.69. The van der Waals surface area contributed by atoms with Crippen molar-refractivity contribution < 1.29 is 8.42 Å². The standard InChI is InChI=1S/C28H31N5O2S/c1-3-25-24(20-22-10-5-4-6-11-22)28(31-21(2)30-25)32-16-9-17-33(19-18-32)36(34,35)26-14-7-12-23-13-8-15-29-27(23)26/h4-8,10-15H,3,9,16-20H2,1-2H3. The molecule has 8 heteroatoms. The van der Waals surface area contributed by atoms with Gasteiger partial charge in [0.05, 0.1) is 5.52 Å². The van der Waals surface area contributed by atoms with Crippen molar-refractivity contribution >= 4 is 26.7 Å². The second-order valence-corrected chi connectivity index (χ2v) is 11.0. The minimum Gasteiger partial charge on any atom is -0.355 e. The Morgan fingerprint density at radius 2 is 1.69 bits per heavy atom. The van der Waals surface area contributed by atoms with Crippen LogP contribution in [0, 0.1) is 6.92 Å². The molecule has 1 aliphatic rings. The molecule has 0 spiro atoms. The summed E-state index contributed by atoms with van der Waals surface area (Å²) in [5, 5.41) is 0.823. The molecule has 0 N–H and O–H groups in total. The van der Waals surface area contributed by atoms with Crippen LogP contribution in [-0.4, -0.2) is 53.9 Å². The number of para-hydroxylation sites is 1. The monoisotopic (exact) mass is 501 g/mol. The van der Waals surface area contributed by atoms with Crippen LogP contribution in [0.1, 0.15) is 36.0 Å². The van der Waals surface area contributed by atoms with Gasteiger partial charge < -0.3 is 4.90 Å². The van der Waals surface area contributed by atoms with Crippen LogP contribution in [-0.2, 0) is 22.9 Å². The van der Waals surface area contributed by atoms with Gasteiger partial charge in [0.1, 0.15) is 16.5 Å². The Kier molecular flexibility index (Phi) is 6.98. The summed E-state index contributed by atoms with van der Waals surface area (Å²) < 4.78 is 29.0. The molecule has 186 valence electrons. The van der Waals surface area contributed by atoms with Crippen molar-refractivity contribution in [3.63, 3.8) is 0 Å². The number of hydrogen-bond acceptors (Lipinski definition) is 6. The summed E-state index contributed by atoms with van der Waals surface area (Å²) >= 11 is 0. The van der Waals surface area contributed by atoms with Gasteiger partial charge in [-0.15, -0.1) is 0 Å². The van der Waals surface area contributed by atoms with E-state index in [4.69, 9.17) is 9.97 Å². The topological polar surface area (TPSA) is 79.3 Å². The molecule has 0 unspecified atom stereocenters. The van der Waals surface area contributed by atoms with Gasteiger partial charge in [0.2, 0.25) is 10.0 Å². The molecule has 5 rings (SSSR count). The molecule has 0 radical (unpaired) electrons. The van der Waals surface area contributed by atoms with Gasteiger partial charge in [-0.25, -0.2) is 18.4 Å². The van der Waals surface area contributed by atoms with Crippen molar-refractivity contribution in [2.45, 2.75) is 38.0 Å². The SMILES string of the molecule is CCc1nc(C)nc(N2CCCN(S(=O)(=O)c3cccc4cccnc34)CC2)c1Cc1ccccc1. The maximum atomic E-state index is 13.7. The van der Waals surface area contributed by atoms with Crippen LogP contribution in [0.4, 0.5) is 5.82 Å². The van der Waals surface area contributed by atoms with Crippen molar-refractivity contribution in [2.24, 2.45) is 0 Å². The fourth-order valence-corrected chi connectivity index (χ4v) is 6.58. The van der Waals surface area contributed by atoms with Crippen molar-refractivity contribution in [1.82, 2.24) is 19.3 Å². The quantitative estimate of drug-likeness (QED) is 0.390. The Morgan fingerprint density at radius 1 is 0.889 bits per heavy atom. The molecule has 2 aromatic carbocycles. The van der Waals surface area contributed by atoms with Gasteiger partial charge in [0, 0.05) is 55.4 Å². The zero-order chi connectivity index (χ0) is 25.1. The second-order valence-electron chi connectivity index (χ2n) is 9.11. The van der Waals surface area contributed by atoms with E-state index < -0.39 is 10.0 Å². The molecule has 4 aromatic rings. The third kappa shape index (κ3) is 4.83. The lowest BCUT2D eigenvalue weighted by atomic mass is 10.0. The van der Waals surface area contributed by atoms with Crippen LogP contribution in [0.5, 0.6) is 0 Å². The molecular formula is C28H31N5O2S. The molecule has 1 aliphatic heterocycles. The Labute approximate surface area is 212 Å². The van der Waals surface area contributed by atoms with E-state index in [0.29, 0.717) is 31.6 Å². The molecule has 0 aliphatic carbocycles. The molecule has 7 nitrogen and oxygen atoms in total. The second kappa shape index (κ2) is 10.3. The fourth-order valence-electron chi connectivity index (χ4n) is 4.94. The van der Waals surface area contributed by atoms with Crippen molar-refractivity contribution in [1.29, 1.82) is 0 Å². The van der Waals surface area contributed by atoms with E-state index in [1.54, 1.807) is 22.6 Å². The Balaban J connectivity index is 1.45. The van der Waals surface area contributed by atoms with Crippen LogP contribution >= 0.6 is 0 Å². The van der Waals surface area contributed by atoms with Gasteiger partial charge in [-0.1, -0.05) is 55.5 Å². The summed E-state index contributed by atoms with van der Waals surface area (Å²) in [6.45, 7) is 6.20. The van der Waals surface area contributed by atoms with E-state index in [-0.39, 0.29) is 4.90 Å². The summed E-state index contributed by atoms with van der Waals surface area (Å²) in [6.07, 6.45) is 3.93. The molecule has 0 bridgehead atoms. The summed E-state index contributed by atoms with van der Waals surface area (Å²) in [5.74, 6) is 1.67. The number of aromatic nitrogens is 3. The number of sulfonamides is 1. The minimum atomic E-state index is -3.69. The highest BCUT2D eigenvalue weighted by atomic mass is 32.2. The van der Waals surface area contributed by atoms with E-state index in [2.05, 4.69) is 28.9 Å². The van der Waals surface area contributed by atoms with Crippen molar-refractivity contribution in [2.75, 3.05) is 31.1 Å². The summed E-state index contributed by atoms with van der Waals surface area (Å²) in [6, 6.07) is 19.4. The van der Waals surface area contributed by atoms with Crippen LogP contribution in [0.3, 0.4) is 0 Å². The molecular weight excluding hydrogens is 470 g/mol. The van der Waals surface area contributed by atoms with Crippen LogP contribution in [0.25, 0.3) is 10.9 Å². The maximum Gasteiger partial charge on any atom is 0.245 e. The predicted molar refractivity (Wildman–Crippen MR) is 143 cm³/mol. The Morgan fingerprint density at radius 3 is 2.50 bits per heavy atom. The lowest BCUT2D eigenvalue weighted by Gasteiger charge is -2.26. The van der Waals surface area contributed by atoms with Gasteiger partial charge in [-0.05, 0) is 37.5 Å². The van der Waals surface area contributed by atoms with Crippen molar-refractivity contribution in [3.8, 4) is 0 Å². The number of fused-ring (bicyclic) bond motifs is 1. The van der Waals surface area contributed by atoms with E-state index in [9.17, 15) is 8.42 Å². The third-order valence-corrected chi connectivity index (χ3v) is 8.64. The number of rotatable bonds is 6. The number of nitrogens with zero attached hydrogens (tertiary/aromatic N) is 5. The molecule has 1 fully saturated rings. The highest BCUT2D eigenvalue weighted by molar-refractivity contribution is 7.89. The first kappa shape index (κ1) is 24.3. The fraction of sp³-hybridized carbons (Fsp3) is 0.321. The zero-order valence-corrected chi connectivity index (χ0v) is 21.6. The third-order valence-electron chi connectivity index (χ3n) is 6.71. The van der Waals surface area contributed by atoms with Crippen molar-refractivity contribution in [3.05, 3.63) is 89.5 Å². The average Bonchev–Trinajstić information content (AvgIpc) is 3.16. The highest BCUT2D eigenvalue weighted by Gasteiger charge is 2.30. The number of aryl methyl sites for hydroxylation is 2. The Hall–Kier alpha value is -3.36. The van der Waals surface area contributed by atoms with Crippen LogP contribution in [0.15, 0.2) is 71.8 Å². The summed E-state index contributed by atoms with van der Waals surface area (Å²) in [4.78, 5) is 16.5. The molecule has 0 amide bonds. The number of anilines is 1. The van der Waals surface area contributed by atoms with Gasteiger partial charge in [-0.2, -0.15) is 4.31 Å². The van der Waals surface area contributed by atoms with Gasteiger partial charge >= 0.3 is 0 Å². The zero-order valence-electron chi connectivity index (χ0n) is 20.8. The Bertz CT molecular complexity index is 1470. The predicted octanol–water partition coefficient (Wildman–Crippen LogP) is 4.39. The largest absolute Gasteiger partial charge is 0.355 e. The molecule has 1 saturated heterocycles. The van der Waals surface area contributed by atoms with E-state index in [1.165, 1.54) is 5.56 Å². The van der Waals surface area contributed by atoms with E-state index >= 15 is 0 Å². The van der Waals surface area contributed by atoms with Gasteiger partial charge in [0.25, 0.3) is 0 Å². The average molecular weight is 502 g/mol. The first-order chi connectivity index (χ1) is 17.5. The number of benzene rings is 2. The molecule has 0 atom stereocenters. The number of pyridine rings is 1. The van der Waals surface area contributed by atoms with Crippen LogP contribution in [0.2, 0.25) is 0 Å². The number of hydrogen-bond donors (Lipinski definition) is 0. The first-order valence-electron chi connectivity index (χ1n) is 12.5. The molecule has 36 heavy (non-hydrogen) atoms. The lowest BCUT2D eigenvalue weighted by Crippen LogP contribution is -2.36. The van der Waals surface area contributed by atoms with Gasteiger partial charge in [0.15, 0.2) is 0 Å². The molecule has 2 aromatic heterocycles. The normalized spacial score (nSPS) is 15.2. The highest BCUT2D eigenvalue weighted by Crippen LogP contribution is 2.28. The minimum absolute atomic E-state index is 0.268. The van der Waals surface area contributed by atoms with E-state index in [1.807, 2.05) is 43.3 Å². The molecule has 3 heterocycles. The van der Waals surface area contributed by atoms with Gasteiger partial charge in [-0.3, -0.25) is 4.98 Å². The maximum absolute atomic E-state index is 13.7. The lowest BCUT2D eigenvalue weighted by molar-refractivity contribution is 0.433. The van der Waals surface area contributed by atoms with Crippen LogP contribution < -0.4 is 4.90 Å².